The summed E-state index contributed by atoms with van der Waals surface area (Å²) in [5.41, 5.74) is 9.89. The summed E-state index contributed by atoms with van der Waals surface area (Å²) >= 11 is 0. The van der Waals surface area contributed by atoms with Gasteiger partial charge in [0.2, 0.25) is 0 Å². The van der Waals surface area contributed by atoms with Gasteiger partial charge in [-0.2, -0.15) is 0 Å². The molecule has 0 aromatic heterocycles. The zero-order valence-corrected chi connectivity index (χ0v) is 23.4. The molecule has 0 bridgehead atoms. The number of unbranched alkanes of at least 4 members (excludes halogenated alkanes) is 5. The minimum absolute atomic E-state index is 0. The molecule has 0 radical (unpaired) electrons. The Kier molecular flexibility index (Phi) is 15.0. The van der Waals surface area contributed by atoms with Crippen LogP contribution in [0.25, 0.3) is 0 Å². The Balaban J connectivity index is 0.00000578. The molecule has 2 aromatic carbocycles. The zero-order valence-electron chi connectivity index (χ0n) is 22.5. The topological polar surface area (TPSA) is 24.7 Å². The molecule has 0 atom stereocenters. The summed E-state index contributed by atoms with van der Waals surface area (Å²) in [6.07, 6.45) is 12.7. The van der Waals surface area contributed by atoms with Crippen LogP contribution in [0.5, 0.6) is 0 Å². The van der Waals surface area contributed by atoms with E-state index in [9.17, 15) is 0 Å². The predicted molar refractivity (Wildman–Crippen MR) is 148 cm³/mol. The second-order valence-corrected chi connectivity index (χ2v) is 9.37. The zero-order chi connectivity index (χ0) is 24.1. The monoisotopic (exact) mass is 504 g/mol. The normalized spacial score (nSPS) is 12.1. The third-order valence-corrected chi connectivity index (χ3v) is 6.49. The van der Waals surface area contributed by atoms with Crippen LogP contribution in [-0.2, 0) is 29.3 Å². The van der Waals surface area contributed by atoms with Gasteiger partial charge in [-0.15, -0.1) is 0 Å². The molecule has 0 aliphatic carbocycles. The molecule has 0 unspecified atom stereocenters. The van der Waals surface area contributed by atoms with E-state index in [1.54, 1.807) is 0 Å². The van der Waals surface area contributed by atoms with Gasteiger partial charge in [0.1, 0.15) is 0 Å². The van der Waals surface area contributed by atoms with Gasteiger partial charge in [0.15, 0.2) is 0 Å². The second kappa shape index (κ2) is 16.8. The third kappa shape index (κ3) is 10.3. The molecule has 0 aliphatic heterocycles. The van der Waals surface area contributed by atoms with Crippen molar-refractivity contribution in [1.82, 2.24) is 0 Å². The van der Waals surface area contributed by atoms with Crippen molar-refractivity contribution < 1.29 is 16.5 Å². The fourth-order valence-corrected chi connectivity index (χ4v) is 4.11. The van der Waals surface area contributed by atoms with Crippen LogP contribution < -0.4 is 0 Å². The Hall–Kier alpha value is -1.73. The van der Waals surface area contributed by atoms with Crippen LogP contribution in [0.3, 0.4) is 0 Å². The number of hydrogen-bond donors (Lipinski definition) is 0. The Morgan fingerprint density at radius 2 is 1.12 bits per heavy atom. The molecule has 0 fully saturated rings. The Morgan fingerprint density at radius 3 is 1.65 bits per heavy atom. The number of hydrogen-bond acceptors (Lipinski definition) is 2. The maximum absolute atomic E-state index is 5.27. The van der Waals surface area contributed by atoms with Crippen LogP contribution in [0.2, 0.25) is 0 Å². The first-order valence-electron chi connectivity index (χ1n) is 13.4. The molecule has 0 amide bonds. The standard InChI is InChI=1S/C31H46N2.Ni/c1-7-11-13-15-17-30(32-28-19-18-24(5)25(6)20-28)31(16-14-12-8-2)33-29-22-26(9-3)21-27(10-4)23-29;/h18-23H,7-17H2,1-6H3;/b32-30+,33-31+;. The summed E-state index contributed by atoms with van der Waals surface area (Å²) in [6, 6.07) is 13.4. The molecule has 0 spiro atoms. The second-order valence-electron chi connectivity index (χ2n) is 9.37. The molecule has 0 saturated heterocycles. The summed E-state index contributed by atoms with van der Waals surface area (Å²) in [5, 5.41) is 0. The van der Waals surface area contributed by atoms with E-state index in [0.29, 0.717) is 0 Å². The van der Waals surface area contributed by atoms with E-state index in [2.05, 4.69) is 77.9 Å². The van der Waals surface area contributed by atoms with E-state index >= 15 is 0 Å². The number of aryl methyl sites for hydroxylation is 4. The van der Waals surface area contributed by atoms with Crippen LogP contribution in [0.15, 0.2) is 46.4 Å². The van der Waals surface area contributed by atoms with Gasteiger partial charge in [-0.3, -0.25) is 9.98 Å². The average Bonchev–Trinajstić information content (AvgIpc) is 2.82. The maximum Gasteiger partial charge on any atom is 0.0639 e. The summed E-state index contributed by atoms with van der Waals surface area (Å²) in [5.74, 6) is 0. The number of benzene rings is 2. The van der Waals surface area contributed by atoms with Crippen LogP contribution >= 0.6 is 0 Å². The van der Waals surface area contributed by atoms with E-state index in [4.69, 9.17) is 9.98 Å². The Morgan fingerprint density at radius 1 is 0.588 bits per heavy atom. The fraction of sp³-hybridized carbons (Fsp3) is 0.548. The van der Waals surface area contributed by atoms with Crippen molar-refractivity contribution >= 4 is 22.8 Å². The molecule has 0 heterocycles. The number of rotatable bonds is 14. The minimum Gasteiger partial charge on any atom is -0.252 e. The molecule has 3 heteroatoms. The van der Waals surface area contributed by atoms with Gasteiger partial charge in [0.25, 0.3) is 0 Å². The molecule has 2 aromatic rings. The van der Waals surface area contributed by atoms with E-state index in [1.807, 2.05) is 0 Å². The third-order valence-electron chi connectivity index (χ3n) is 6.49. The van der Waals surface area contributed by atoms with Crippen molar-refractivity contribution in [3.8, 4) is 0 Å². The van der Waals surface area contributed by atoms with Crippen LogP contribution in [0.1, 0.15) is 108 Å². The van der Waals surface area contributed by atoms with Gasteiger partial charge in [-0.25, -0.2) is 0 Å². The average molecular weight is 505 g/mol. The van der Waals surface area contributed by atoms with Crippen LogP contribution in [0, 0.1) is 13.8 Å². The van der Waals surface area contributed by atoms with Gasteiger partial charge in [-0.05, 0) is 98.9 Å². The van der Waals surface area contributed by atoms with Crippen molar-refractivity contribution in [2.24, 2.45) is 9.98 Å². The Bertz CT molecular complexity index is 905. The van der Waals surface area contributed by atoms with Crippen LogP contribution in [-0.4, -0.2) is 11.4 Å². The fourth-order valence-electron chi connectivity index (χ4n) is 4.11. The smallest absolute Gasteiger partial charge is 0.0639 e. The van der Waals surface area contributed by atoms with Crippen molar-refractivity contribution in [1.29, 1.82) is 0 Å². The first kappa shape index (κ1) is 30.3. The van der Waals surface area contributed by atoms with Gasteiger partial charge >= 0.3 is 0 Å². The van der Waals surface area contributed by atoms with E-state index in [-0.39, 0.29) is 16.5 Å². The number of aliphatic imine (C=N–C) groups is 2. The van der Waals surface area contributed by atoms with Gasteiger partial charge in [0, 0.05) is 16.5 Å². The molecule has 0 saturated carbocycles. The maximum atomic E-state index is 5.27. The SMILES string of the molecule is CCCCCCC(=N\c1ccc(C)c(C)c1)/C(CCCCC)=N/c1cc(CC)cc(CC)c1.[Ni]. The van der Waals surface area contributed by atoms with E-state index in [1.165, 1.54) is 78.6 Å². The number of nitrogens with zero attached hydrogens (tertiary/aromatic N) is 2. The van der Waals surface area contributed by atoms with Crippen molar-refractivity contribution in [3.05, 3.63) is 58.7 Å². The van der Waals surface area contributed by atoms with E-state index < -0.39 is 0 Å². The van der Waals surface area contributed by atoms with E-state index in [0.717, 1.165) is 37.1 Å². The summed E-state index contributed by atoms with van der Waals surface area (Å²) in [7, 11) is 0. The molecule has 0 aliphatic rings. The van der Waals surface area contributed by atoms with Crippen molar-refractivity contribution in [2.75, 3.05) is 0 Å². The summed E-state index contributed by atoms with van der Waals surface area (Å²) in [6.45, 7) is 13.3. The van der Waals surface area contributed by atoms with Crippen LogP contribution in [0.4, 0.5) is 11.4 Å². The van der Waals surface area contributed by atoms with Crippen molar-refractivity contribution in [3.63, 3.8) is 0 Å². The molecular weight excluding hydrogens is 459 g/mol. The summed E-state index contributed by atoms with van der Waals surface area (Å²) < 4.78 is 0. The summed E-state index contributed by atoms with van der Waals surface area (Å²) in [4.78, 5) is 10.5. The largest absolute Gasteiger partial charge is 0.252 e. The molecule has 0 N–H and O–H groups in total. The minimum atomic E-state index is 0. The molecule has 2 rings (SSSR count). The van der Waals surface area contributed by atoms with Gasteiger partial charge < -0.3 is 0 Å². The van der Waals surface area contributed by atoms with Gasteiger partial charge in [-0.1, -0.05) is 71.9 Å². The molecule has 34 heavy (non-hydrogen) atoms. The first-order valence-corrected chi connectivity index (χ1v) is 13.4. The molecule has 190 valence electrons. The first-order chi connectivity index (χ1) is 16.0. The Labute approximate surface area is 219 Å². The quantitative estimate of drug-likeness (QED) is 0.139. The van der Waals surface area contributed by atoms with Gasteiger partial charge in [0.05, 0.1) is 22.8 Å². The predicted octanol–water partition coefficient (Wildman–Crippen LogP) is 9.82. The van der Waals surface area contributed by atoms with Crippen molar-refractivity contribution in [2.45, 2.75) is 112 Å². The molecular formula is C31H46N2Ni. The molecule has 2 nitrogen and oxygen atoms in total.